The van der Waals surface area contributed by atoms with Crippen LogP contribution in [0.2, 0.25) is 0 Å². The molecular formula is C24H20N2O2. The predicted octanol–water partition coefficient (Wildman–Crippen LogP) is 4.82. The summed E-state index contributed by atoms with van der Waals surface area (Å²) in [6.45, 7) is 2.12. The van der Waals surface area contributed by atoms with Crippen LogP contribution in [0.3, 0.4) is 0 Å². The van der Waals surface area contributed by atoms with Gasteiger partial charge in [-0.15, -0.1) is 0 Å². The molecule has 0 amide bonds. The maximum Gasteiger partial charge on any atom is 0.266 e. The molecule has 0 saturated carbocycles. The fourth-order valence-electron chi connectivity index (χ4n) is 3.18. The van der Waals surface area contributed by atoms with Gasteiger partial charge in [0.2, 0.25) is 0 Å². The van der Waals surface area contributed by atoms with Crippen molar-refractivity contribution in [3.63, 3.8) is 0 Å². The van der Waals surface area contributed by atoms with Crippen molar-refractivity contribution >= 4 is 23.1 Å². The largest absolute Gasteiger partial charge is 0.508 e. The zero-order chi connectivity index (χ0) is 19.5. The number of aryl methyl sites for hydroxylation is 1. The summed E-state index contributed by atoms with van der Waals surface area (Å²) in [5.74, 6) is 0.608. The molecule has 4 heteroatoms. The smallest absolute Gasteiger partial charge is 0.266 e. The molecule has 0 radical (unpaired) electrons. The van der Waals surface area contributed by atoms with Crippen molar-refractivity contribution in [1.29, 1.82) is 0 Å². The zero-order valence-corrected chi connectivity index (χ0v) is 15.5. The summed E-state index contributed by atoms with van der Waals surface area (Å²) in [6, 6.07) is 22.2. The molecule has 1 aromatic heterocycles. The summed E-state index contributed by atoms with van der Waals surface area (Å²) in [5, 5.41) is 10.4. The molecule has 0 unspecified atom stereocenters. The lowest BCUT2D eigenvalue weighted by molar-refractivity contribution is 0.475. The lowest BCUT2D eigenvalue weighted by atomic mass is 10.1. The third-order valence-electron chi connectivity index (χ3n) is 4.70. The molecule has 0 aliphatic rings. The van der Waals surface area contributed by atoms with E-state index in [4.69, 9.17) is 0 Å². The lowest BCUT2D eigenvalue weighted by Crippen LogP contribution is -2.22. The summed E-state index contributed by atoms with van der Waals surface area (Å²) in [5.41, 5.74) is 3.35. The van der Waals surface area contributed by atoms with Crippen LogP contribution in [0.15, 0.2) is 77.6 Å². The molecule has 4 aromatic rings. The van der Waals surface area contributed by atoms with Crippen molar-refractivity contribution in [3.05, 3.63) is 100 Å². The minimum atomic E-state index is -0.169. The Labute approximate surface area is 163 Å². The van der Waals surface area contributed by atoms with E-state index < -0.39 is 0 Å². The number of hydrogen-bond donors (Lipinski definition) is 1. The quantitative estimate of drug-likeness (QED) is 0.562. The van der Waals surface area contributed by atoms with Crippen molar-refractivity contribution in [2.24, 2.45) is 0 Å². The van der Waals surface area contributed by atoms with E-state index >= 15 is 0 Å². The number of nitrogens with zero attached hydrogens (tertiary/aromatic N) is 2. The average molecular weight is 368 g/mol. The molecule has 4 rings (SSSR count). The van der Waals surface area contributed by atoms with E-state index in [0.717, 1.165) is 12.0 Å². The number of benzene rings is 3. The number of hydrogen-bond acceptors (Lipinski definition) is 3. The summed E-state index contributed by atoms with van der Waals surface area (Å²) in [6.07, 6.45) is 4.77. The van der Waals surface area contributed by atoms with Gasteiger partial charge in [-0.2, -0.15) is 0 Å². The van der Waals surface area contributed by atoms with Crippen LogP contribution < -0.4 is 5.56 Å². The SMILES string of the molecule is CCc1ccc(/C=C/c2nc3ccccc3c(=O)n2-c2cccc(O)c2)cc1. The van der Waals surface area contributed by atoms with Crippen LogP contribution in [-0.4, -0.2) is 14.7 Å². The summed E-state index contributed by atoms with van der Waals surface area (Å²) in [4.78, 5) is 17.8. The van der Waals surface area contributed by atoms with E-state index in [2.05, 4.69) is 24.0 Å². The van der Waals surface area contributed by atoms with Crippen LogP contribution >= 0.6 is 0 Å². The topological polar surface area (TPSA) is 55.1 Å². The second-order valence-electron chi connectivity index (χ2n) is 6.58. The van der Waals surface area contributed by atoms with E-state index in [1.54, 1.807) is 30.3 Å². The summed E-state index contributed by atoms with van der Waals surface area (Å²) in [7, 11) is 0. The fraction of sp³-hybridized carbons (Fsp3) is 0.0833. The first kappa shape index (κ1) is 17.7. The molecule has 0 saturated heterocycles. The highest BCUT2D eigenvalue weighted by atomic mass is 16.3. The predicted molar refractivity (Wildman–Crippen MR) is 114 cm³/mol. The highest BCUT2D eigenvalue weighted by molar-refractivity contribution is 5.80. The fourth-order valence-corrected chi connectivity index (χ4v) is 3.18. The Hall–Kier alpha value is -3.66. The van der Waals surface area contributed by atoms with Gasteiger partial charge in [0.25, 0.3) is 5.56 Å². The molecule has 3 aromatic carbocycles. The van der Waals surface area contributed by atoms with Gasteiger partial charge in [-0.1, -0.05) is 55.5 Å². The van der Waals surface area contributed by atoms with Gasteiger partial charge in [0.15, 0.2) is 0 Å². The number of fused-ring (bicyclic) bond motifs is 1. The number of rotatable bonds is 4. The monoisotopic (exact) mass is 368 g/mol. The molecule has 1 N–H and O–H groups in total. The molecule has 0 atom stereocenters. The molecule has 0 fully saturated rings. The normalized spacial score (nSPS) is 11.3. The van der Waals surface area contributed by atoms with Gasteiger partial charge in [-0.05, 0) is 47.9 Å². The van der Waals surface area contributed by atoms with Gasteiger partial charge in [0.1, 0.15) is 11.6 Å². The van der Waals surface area contributed by atoms with Crippen LogP contribution in [0.5, 0.6) is 5.75 Å². The third kappa shape index (κ3) is 3.45. The minimum absolute atomic E-state index is 0.0997. The Morgan fingerprint density at radius 3 is 2.50 bits per heavy atom. The van der Waals surface area contributed by atoms with Crippen molar-refractivity contribution in [2.45, 2.75) is 13.3 Å². The lowest BCUT2D eigenvalue weighted by Gasteiger charge is -2.11. The van der Waals surface area contributed by atoms with Crippen LogP contribution in [0, 0.1) is 0 Å². The summed E-state index contributed by atoms with van der Waals surface area (Å²) < 4.78 is 1.53. The van der Waals surface area contributed by atoms with Gasteiger partial charge in [-0.3, -0.25) is 9.36 Å². The van der Waals surface area contributed by atoms with E-state index in [1.807, 2.05) is 42.5 Å². The van der Waals surface area contributed by atoms with Crippen molar-refractivity contribution in [3.8, 4) is 11.4 Å². The Morgan fingerprint density at radius 1 is 0.964 bits per heavy atom. The van der Waals surface area contributed by atoms with E-state index in [0.29, 0.717) is 22.4 Å². The molecule has 1 heterocycles. The highest BCUT2D eigenvalue weighted by Gasteiger charge is 2.11. The Kier molecular flexibility index (Phi) is 4.77. The van der Waals surface area contributed by atoms with Gasteiger partial charge < -0.3 is 5.11 Å². The molecule has 0 bridgehead atoms. The molecule has 0 aliphatic heterocycles. The van der Waals surface area contributed by atoms with E-state index in [1.165, 1.54) is 10.1 Å². The van der Waals surface area contributed by atoms with E-state index in [-0.39, 0.29) is 11.3 Å². The number of aromatic hydroxyl groups is 1. The number of phenolic OH excluding ortho intramolecular Hbond substituents is 1. The molecule has 0 spiro atoms. The third-order valence-corrected chi connectivity index (χ3v) is 4.70. The van der Waals surface area contributed by atoms with Crippen LogP contribution in [0.4, 0.5) is 0 Å². The first-order valence-corrected chi connectivity index (χ1v) is 9.24. The van der Waals surface area contributed by atoms with Crippen molar-refractivity contribution < 1.29 is 5.11 Å². The molecule has 28 heavy (non-hydrogen) atoms. The van der Waals surface area contributed by atoms with Crippen LogP contribution in [0.1, 0.15) is 23.9 Å². The molecule has 4 nitrogen and oxygen atoms in total. The summed E-state index contributed by atoms with van der Waals surface area (Å²) >= 11 is 0. The van der Waals surface area contributed by atoms with Crippen molar-refractivity contribution in [1.82, 2.24) is 9.55 Å². The van der Waals surface area contributed by atoms with Crippen LogP contribution in [-0.2, 0) is 6.42 Å². The van der Waals surface area contributed by atoms with Gasteiger partial charge in [0.05, 0.1) is 16.6 Å². The first-order valence-electron chi connectivity index (χ1n) is 9.24. The van der Waals surface area contributed by atoms with Gasteiger partial charge >= 0.3 is 0 Å². The number of aromatic nitrogens is 2. The van der Waals surface area contributed by atoms with Gasteiger partial charge in [0, 0.05) is 6.07 Å². The zero-order valence-electron chi connectivity index (χ0n) is 15.5. The Morgan fingerprint density at radius 2 is 1.75 bits per heavy atom. The highest BCUT2D eigenvalue weighted by Crippen LogP contribution is 2.19. The standard InChI is InChI=1S/C24H20N2O2/c1-2-17-10-12-18(13-11-17)14-15-23-25-22-9-4-3-8-21(22)24(28)26(23)19-6-5-7-20(27)16-19/h3-16,27H,2H2,1H3/b15-14+. The maximum absolute atomic E-state index is 13.2. The first-order chi connectivity index (χ1) is 13.7. The minimum Gasteiger partial charge on any atom is -0.508 e. The average Bonchev–Trinajstić information content (AvgIpc) is 2.73. The second-order valence-corrected chi connectivity index (χ2v) is 6.58. The van der Waals surface area contributed by atoms with Crippen LogP contribution in [0.25, 0.3) is 28.7 Å². The number of para-hydroxylation sites is 1. The number of phenols is 1. The molecule has 0 aliphatic carbocycles. The Balaban J connectivity index is 1.89. The second kappa shape index (κ2) is 7.53. The molecular weight excluding hydrogens is 348 g/mol. The van der Waals surface area contributed by atoms with E-state index in [9.17, 15) is 9.90 Å². The van der Waals surface area contributed by atoms with Crippen molar-refractivity contribution in [2.75, 3.05) is 0 Å². The van der Waals surface area contributed by atoms with Gasteiger partial charge in [-0.25, -0.2) is 4.98 Å². The Bertz CT molecular complexity index is 1220. The molecule has 138 valence electrons. The maximum atomic E-state index is 13.2.